The van der Waals surface area contributed by atoms with E-state index in [2.05, 4.69) is 10.6 Å². The summed E-state index contributed by atoms with van der Waals surface area (Å²) in [5.74, 6) is -1.20. The number of benzene rings is 2. The molecule has 0 aromatic heterocycles. The van der Waals surface area contributed by atoms with Crippen molar-refractivity contribution in [2.45, 2.75) is 6.42 Å². The maximum atomic E-state index is 13.1. The molecule has 26 heavy (non-hydrogen) atoms. The van der Waals surface area contributed by atoms with Crippen LogP contribution in [0.25, 0.3) is 0 Å². The van der Waals surface area contributed by atoms with Crippen LogP contribution in [-0.4, -0.2) is 38.5 Å². The van der Waals surface area contributed by atoms with Gasteiger partial charge in [-0.3, -0.25) is 9.59 Å². The van der Waals surface area contributed by atoms with Gasteiger partial charge in [-0.05, 0) is 42.3 Å². The van der Waals surface area contributed by atoms with Gasteiger partial charge in [-0.1, -0.05) is 18.2 Å². The van der Waals surface area contributed by atoms with Gasteiger partial charge in [0.2, 0.25) is 0 Å². The summed E-state index contributed by atoms with van der Waals surface area (Å²) in [4.78, 5) is 24.5. The lowest BCUT2D eigenvalue weighted by molar-refractivity contribution is -0.862. The molecule has 2 aromatic rings. The van der Waals surface area contributed by atoms with Gasteiger partial charge in [-0.15, -0.1) is 0 Å². The second-order valence-corrected chi connectivity index (χ2v) is 6.10. The molecule has 0 spiro atoms. The average Bonchev–Trinajstić information content (AvgIpc) is 2.56. The van der Waals surface area contributed by atoms with Crippen LogP contribution in [0.2, 0.25) is 0 Å². The quantitative estimate of drug-likeness (QED) is 0.650. The van der Waals surface area contributed by atoms with Crippen LogP contribution >= 0.6 is 0 Å². The molecular weight excluding hydrogens is 340 g/mol. The van der Waals surface area contributed by atoms with Crippen LogP contribution in [0.4, 0.5) is 14.5 Å². The van der Waals surface area contributed by atoms with Crippen LogP contribution in [0.3, 0.4) is 0 Å². The first kappa shape index (κ1) is 19.5. The van der Waals surface area contributed by atoms with E-state index in [1.54, 1.807) is 25.2 Å². The van der Waals surface area contributed by atoms with Crippen molar-refractivity contribution in [3.8, 4) is 0 Å². The summed E-state index contributed by atoms with van der Waals surface area (Å²) in [5, 5.41) is 5.37. The predicted octanol–water partition coefficient (Wildman–Crippen LogP) is 0.777. The molecule has 0 aliphatic heterocycles. The lowest BCUT2D eigenvalue weighted by Gasteiger charge is -2.14. The van der Waals surface area contributed by atoms with E-state index in [9.17, 15) is 18.4 Å². The topological polar surface area (TPSA) is 62.6 Å². The molecule has 2 aromatic carbocycles. The number of amides is 2. The summed E-state index contributed by atoms with van der Waals surface area (Å²) >= 11 is 0. The van der Waals surface area contributed by atoms with E-state index in [1.165, 1.54) is 30.3 Å². The van der Waals surface area contributed by atoms with E-state index in [-0.39, 0.29) is 30.7 Å². The van der Waals surface area contributed by atoms with Gasteiger partial charge in [0.05, 0.1) is 7.05 Å². The van der Waals surface area contributed by atoms with Crippen molar-refractivity contribution >= 4 is 17.5 Å². The molecule has 1 unspecified atom stereocenters. The molecule has 2 rings (SSSR count). The van der Waals surface area contributed by atoms with Crippen LogP contribution in [0.1, 0.15) is 5.56 Å². The maximum absolute atomic E-state index is 13.1. The van der Waals surface area contributed by atoms with Crippen molar-refractivity contribution in [2.24, 2.45) is 0 Å². The first-order chi connectivity index (χ1) is 12.4. The highest BCUT2D eigenvalue weighted by atomic mass is 19.1. The zero-order valence-electron chi connectivity index (χ0n) is 14.5. The second-order valence-electron chi connectivity index (χ2n) is 6.10. The molecule has 3 N–H and O–H groups in total. The van der Waals surface area contributed by atoms with Crippen molar-refractivity contribution in [3.05, 3.63) is 65.7 Å². The number of hydrogen-bond acceptors (Lipinski definition) is 2. The number of halogens is 2. The fraction of sp³-hybridized carbons (Fsp3) is 0.263. The number of carbonyl (C=O) groups excluding carboxylic acids is 2. The van der Waals surface area contributed by atoms with E-state index in [4.69, 9.17) is 0 Å². The predicted molar refractivity (Wildman–Crippen MR) is 94.8 cm³/mol. The average molecular weight is 362 g/mol. The monoisotopic (exact) mass is 362 g/mol. The minimum absolute atomic E-state index is 0.0852. The number of rotatable bonds is 8. The van der Waals surface area contributed by atoms with Gasteiger partial charge in [-0.2, -0.15) is 0 Å². The Hall–Kier alpha value is -2.80. The van der Waals surface area contributed by atoms with Gasteiger partial charge in [0.25, 0.3) is 11.8 Å². The highest BCUT2D eigenvalue weighted by Crippen LogP contribution is 2.08. The van der Waals surface area contributed by atoms with E-state index < -0.39 is 5.82 Å². The molecule has 0 saturated heterocycles. The van der Waals surface area contributed by atoms with Crippen molar-refractivity contribution in [1.82, 2.24) is 5.32 Å². The fourth-order valence-corrected chi connectivity index (χ4v) is 2.44. The molecule has 7 heteroatoms. The van der Waals surface area contributed by atoms with Crippen LogP contribution in [0.5, 0.6) is 0 Å². The van der Waals surface area contributed by atoms with Crippen LogP contribution in [-0.2, 0) is 16.0 Å². The van der Waals surface area contributed by atoms with Crippen LogP contribution < -0.4 is 15.5 Å². The molecule has 0 radical (unpaired) electrons. The molecule has 5 nitrogen and oxygen atoms in total. The Morgan fingerprint density at radius 1 is 0.962 bits per heavy atom. The zero-order valence-corrected chi connectivity index (χ0v) is 14.5. The normalized spacial score (nSPS) is 11.7. The number of hydrogen-bond donors (Lipinski definition) is 3. The van der Waals surface area contributed by atoms with E-state index >= 15 is 0 Å². The minimum atomic E-state index is -0.427. The summed E-state index contributed by atoms with van der Waals surface area (Å²) in [5.41, 5.74) is 1.31. The van der Waals surface area contributed by atoms with Crippen molar-refractivity contribution in [1.29, 1.82) is 0 Å². The first-order valence-corrected chi connectivity index (χ1v) is 8.30. The highest BCUT2D eigenvalue weighted by molar-refractivity contribution is 5.91. The fourth-order valence-electron chi connectivity index (χ4n) is 2.44. The number of quaternary nitrogens is 1. The van der Waals surface area contributed by atoms with E-state index in [0.717, 1.165) is 5.56 Å². The summed E-state index contributed by atoms with van der Waals surface area (Å²) in [6.45, 7) is 0.662. The summed E-state index contributed by atoms with van der Waals surface area (Å²) in [6.07, 6.45) is 0.602. The number of likely N-dealkylation sites (N-methyl/N-ethyl adjacent to an activating group) is 1. The molecule has 0 heterocycles. The van der Waals surface area contributed by atoms with Gasteiger partial charge < -0.3 is 15.5 Å². The lowest BCUT2D eigenvalue weighted by Crippen LogP contribution is -3.11. The van der Waals surface area contributed by atoms with E-state index in [0.29, 0.717) is 23.6 Å². The van der Waals surface area contributed by atoms with Gasteiger partial charge in [0.1, 0.15) is 11.6 Å². The van der Waals surface area contributed by atoms with Crippen LogP contribution in [0, 0.1) is 11.6 Å². The molecule has 0 saturated carbocycles. The van der Waals surface area contributed by atoms with Crippen molar-refractivity contribution in [2.75, 3.05) is 32.0 Å². The third-order valence-electron chi connectivity index (χ3n) is 3.68. The summed E-state index contributed by atoms with van der Waals surface area (Å²) < 4.78 is 25.9. The Labute approximate surface area is 151 Å². The molecule has 0 aliphatic rings. The Morgan fingerprint density at radius 3 is 2.35 bits per heavy atom. The molecule has 0 aliphatic carbocycles. The molecule has 0 bridgehead atoms. The minimum Gasteiger partial charge on any atom is -0.351 e. The van der Waals surface area contributed by atoms with Crippen molar-refractivity contribution < 1.29 is 23.3 Å². The summed E-state index contributed by atoms with van der Waals surface area (Å²) in [7, 11) is 1.73. The Balaban J connectivity index is 1.67. The zero-order chi connectivity index (χ0) is 18.9. The maximum Gasteiger partial charge on any atom is 0.279 e. The number of carbonyl (C=O) groups is 2. The Bertz CT molecular complexity index is 751. The number of anilines is 1. The second kappa shape index (κ2) is 9.62. The van der Waals surface area contributed by atoms with Gasteiger partial charge in [0, 0.05) is 12.2 Å². The molecule has 1 atom stereocenters. The third kappa shape index (κ3) is 6.98. The van der Waals surface area contributed by atoms with Crippen molar-refractivity contribution in [3.63, 3.8) is 0 Å². The number of nitrogens with one attached hydrogen (secondary N) is 3. The van der Waals surface area contributed by atoms with Gasteiger partial charge in [-0.25, -0.2) is 8.78 Å². The Kier molecular flexibility index (Phi) is 7.23. The van der Waals surface area contributed by atoms with E-state index in [1.807, 2.05) is 0 Å². The standard InChI is InChI=1S/C19H21F2N3O2/c1-24(13-19(26)23-17-4-2-3-16(21)11-17)12-18(25)22-10-9-14-5-7-15(20)8-6-14/h2-8,11H,9-10,12-13H2,1H3,(H,22,25)(H,23,26)/p+1. The lowest BCUT2D eigenvalue weighted by atomic mass is 10.1. The smallest absolute Gasteiger partial charge is 0.279 e. The molecule has 0 fully saturated rings. The molecule has 138 valence electrons. The van der Waals surface area contributed by atoms with Gasteiger partial charge >= 0.3 is 0 Å². The molecular formula is C19H22F2N3O2+. The first-order valence-electron chi connectivity index (χ1n) is 8.30. The molecule has 2 amide bonds. The van der Waals surface area contributed by atoms with Crippen LogP contribution in [0.15, 0.2) is 48.5 Å². The highest BCUT2D eigenvalue weighted by Gasteiger charge is 2.14. The van der Waals surface area contributed by atoms with Gasteiger partial charge in [0.15, 0.2) is 13.1 Å². The summed E-state index contributed by atoms with van der Waals surface area (Å²) in [6, 6.07) is 11.7. The third-order valence-corrected chi connectivity index (χ3v) is 3.68. The Morgan fingerprint density at radius 2 is 1.65 bits per heavy atom. The SMILES string of the molecule is C[NH+](CC(=O)NCCc1ccc(F)cc1)CC(=O)Nc1cccc(F)c1. The largest absolute Gasteiger partial charge is 0.351 e.